The highest BCUT2D eigenvalue weighted by Crippen LogP contribution is 2.34. The first-order valence-corrected chi connectivity index (χ1v) is 6.97. The fourth-order valence-electron chi connectivity index (χ4n) is 2.71. The Bertz CT molecular complexity index is 591. The summed E-state index contributed by atoms with van der Waals surface area (Å²) in [6, 6.07) is 5.42. The summed E-state index contributed by atoms with van der Waals surface area (Å²) >= 11 is 3.24. The van der Waals surface area contributed by atoms with E-state index in [0.717, 1.165) is 18.5 Å². The van der Waals surface area contributed by atoms with Crippen LogP contribution in [0.25, 0.3) is 0 Å². The van der Waals surface area contributed by atoms with Gasteiger partial charge >= 0.3 is 0 Å². The highest BCUT2D eigenvalue weighted by molar-refractivity contribution is 9.10. The quantitative estimate of drug-likeness (QED) is 0.894. The zero-order valence-corrected chi connectivity index (χ0v) is 11.7. The zero-order valence-electron chi connectivity index (χ0n) is 10.1. The Morgan fingerprint density at radius 3 is 3.06 bits per heavy atom. The van der Waals surface area contributed by atoms with Gasteiger partial charge in [-0.05, 0) is 52.4 Å². The molecule has 18 heavy (non-hydrogen) atoms. The second kappa shape index (κ2) is 4.50. The maximum Gasteiger partial charge on any atom is 0.141 e. The summed E-state index contributed by atoms with van der Waals surface area (Å²) in [5.41, 5.74) is 4.22. The van der Waals surface area contributed by atoms with Crippen LogP contribution in [0, 0.1) is 5.82 Å². The molecule has 94 valence electrons. The molecular formula is C14H14BrFN2. The van der Waals surface area contributed by atoms with Gasteiger partial charge in [0.1, 0.15) is 5.82 Å². The second-order valence-electron chi connectivity index (χ2n) is 4.78. The average Bonchev–Trinajstić information content (AvgIpc) is 2.94. The first-order valence-electron chi connectivity index (χ1n) is 6.18. The molecule has 0 saturated carbocycles. The van der Waals surface area contributed by atoms with Crippen molar-refractivity contribution in [3.05, 3.63) is 51.0 Å². The average molecular weight is 309 g/mol. The minimum Gasteiger partial charge on any atom is -0.282 e. The van der Waals surface area contributed by atoms with Gasteiger partial charge in [0.25, 0.3) is 0 Å². The molecule has 0 aliphatic heterocycles. The lowest BCUT2D eigenvalue weighted by Gasteiger charge is -2.12. The summed E-state index contributed by atoms with van der Waals surface area (Å²) in [7, 11) is 0. The van der Waals surface area contributed by atoms with E-state index >= 15 is 0 Å². The molecule has 1 N–H and O–H groups in total. The van der Waals surface area contributed by atoms with Crippen molar-refractivity contribution in [2.45, 2.75) is 32.1 Å². The zero-order chi connectivity index (χ0) is 12.7. The summed E-state index contributed by atoms with van der Waals surface area (Å²) < 4.78 is 14.6. The monoisotopic (exact) mass is 308 g/mol. The molecule has 0 radical (unpaired) electrons. The third-order valence-electron chi connectivity index (χ3n) is 3.70. The fourth-order valence-corrected chi connectivity index (χ4v) is 3.09. The number of hydrogen-bond donors (Lipinski definition) is 1. The number of aromatic nitrogens is 2. The molecular weight excluding hydrogens is 295 g/mol. The molecule has 3 rings (SSSR count). The van der Waals surface area contributed by atoms with Crippen molar-refractivity contribution >= 4 is 15.9 Å². The van der Waals surface area contributed by atoms with Gasteiger partial charge in [0.2, 0.25) is 0 Å². The van der Waals surface area contributed by atoms with Gasteiger partial charge in [-0.2, -0.15) is 5.10 Å². The summed E-state index contributed by atoms with van der Waals surface area (Å²) in [6.45, 7) is 2.01. The highest BCUT2D eigenvalue weighted by atomic mass is 79.9. The number of benzene rings is 1. The van der Waals surface area contributed by atoms with Gasteiger partial charge in [0, 0.05) is 11.6 Å². The van der Waals surface area contributed by atoms with Gasteiger partial charge < -0.3 is 0 Å². The topological polar surface area (TPSA) is 28.7 Å². The molecule has 1 unspecified atom stereocenters. The Labute approximate surface area is 114 Å². The molecule has 1 aliphatic carbocycles. The van der Waals surface area contributed by atoms with Crippen molar-refractivity contribution in [1.82, 2.24) is 10.2 Å². The molecule has 1 heterocycles. The minimum absolute atomic E-state index is 0.0133. The van der Waals surface area contributed by atoms with Crippen LogP contribution in [0.5, 0.6) is 0 Å². The fraction of sp³-hybridized carbons (Fsp3) is 0.357. The minimum atomic E-state index is -0.181. The summed E-state index contributed by atoms with van der Waals surface area (Å²) in [5, 5.41) is 7.46. The van der Waals surface area contributed by atoms with Gasteiger partial charge in [-0.15, -0.1) is 0 Å². The van der Waals surface area contributed by atoms with Crippen LogP contribution in [-0.4, -0.2) is 10.2 Å². The maximum atomic E-state index is 14.1. The van der Waals surface area contributed by atoms with E-state index in [1.807, 2.05) is 19.1 Å². The highest BCUT2D eigenvalue weighted by Gasteiger charge is 2.24. The Hall–Kier alpha value is -1.16. The van der Waals surface area contributed by atoms with Gasteiger partial charge in [-0.1, -0.05) is 19.1 Å². The summed E-state index contributed by atoms with van der Waals surface area (Å²) in [5.74, 6) is -0.194. The maximum absolute atomic E-state index is 14.1. The molecule has 0 saturated heterocycles. The van der Waals surface area contributed by atoms with E-state index in [4.69, 9.17) is 0 Å². The van der Waals surface area contributed by atoms with Gasteiger partial charge in [0.05, 0.1) is 10.2 Å². The van der Waals surface area contributed by atoms with Crippen molar-refractivity contribution in [2.75, 3.05) is 0 Å². The number of hydrogen-bond acceptors (Lipinski definition) is 1. The predicted molar refractivity (Wildman–Crippen MR) is 72.2 cm³/mol. The normalized spacial score (nSPS) is 15.7. The third kappa shape index (κ3) is 1.79. The molecule has 0 fully saturated rings. The lowest BCUT2D eigenvalue weighted by Crippen LogP contribution is -2.03. The van der Waals surface area contributed by atoms with Crippen LogP contribution >= 0.6 is 15.9 Å². The number of rotatable bonds is 2. The lowest BCUT2D eigenvalue weighted by molar-refractivity contribution is 0.593. The van der Waals surface area contributed by atoms with Crippen molar-refractivity contribution in [3.8, 4) is 0 Å². The Morgan fingerprint density at radius 2 is 2.22 bits per heavy atom. The van der Waals surface area contributed by atoms with E-state index < -0.39 is 0 Å². The molecule has 0 bridgehead atoms. The van der Waals surface area contributed by atoms with Crippen molar-refractivity contribution in [1.29, 1.82) is 0 Å². The molecule has 0 spiro atoms. The number of aryl methyl sites for hydroxylation is 1. The SMILES string of the molecule is CC(c1cccc(Br)c1F)c1n[nH]c2c1CCC2. The van der Waals surface area contributed by atoms with Crippen LogP contribution in [0.2, 0.25) is 0 Å². The molecule has 2 nitrogen and oxygen atoms in total. The first-order chi connectivity index (χ1) is 8.68. The van der Waals surface area contributed by atoms with Crippen LogP contribution in [0.3, 0.4) is 0 Å². The number of nitrogens with zero attached hydrogens (tertiary/aromatic N) is 1. The number of H-pyrrole nitrogens is 1. The van der Waals surface area contributed by atoms with E-state index in [9.17, 15) is 4.39 Å². The largest absolute Gasteiger partial charge is 0.282 e. The summed E-state index contributed by atoms with van der Waals surface area (Å²) in [6.07, 6.45) is 3.29. The smallest absolute Gasteiger partial charge is 0.141 e. The number of aromatic amines is 1. The molecule has 1 aromatic heterocycles. The number of fused-ring (bicyclic) bond motifs is 1. The Kier molecular flexibility index (Phi) is 2.98. The predicted octanol–water partition coefficient (Wildman–Crippen LogP) is 3.95. The van der Waals surface area contributed by atoms with Crippen molar-refractivity contribution in [2.24, 2.45) is 0 Å². The molecule has 2 aromatic rings. The van der Waals surface area contributed by atoms with Crippen molar-refractivity contribution < 1.29 is 4.39 Å². The Balaban J connectivity index is 2.04. The van der Waals surface area contributed by atoms with Gasteiger partial charge in [-0.3, -0.25) is 5.10 Å². The van der Waals surface area contributed by atoms with Crippen LogP contribution < -0.4 is 0 Å². The van der Waals surface area contributed by atoms with E-state index in [2.05, 4.69) is 26.1 Å². The van der Waals surface area contributed by atoms with Crippen LogP contribution in [0.15, 0.2) is 22.7 Å². The first kappa shape index (κ1) is 11.9. The van der Waals surface area contributed by atoms with E-state index in [1.165, 1.54) is 17.7 Å². The van der Waals surface area contributed by atoms with Crippen LogP contribution in [0.1, 0.15) is 41.8 Å². The van der Waals surface area contributed by atoms with Gasteiger partial charge in [0.15, 0.2) is 0 Å². The van der Waals surface area contributed by atoms with Crippen LogP contribution in [0.4, 0.5) is 4.39 Å². The molecule has 1 aliphatic rings. The molecule has 1 aromatic carbocycles. The molecule has 1 atom stereocenters. The van der Waals surface area contributed by atoms with E-state index in [0.29, 0.717) is 10.0 Å². The molecule has 4 heteroatoms. The summed E-state index contributed by atoms with van der Waals surface area (Å²) in [4.78, 5) is 0. The number of halogens is 2. The van der Waals surface area contributed by atoms with Crippen LogP contribution in [-0.2, 0) is 12.8 Å². The number of nitrogens with one attached hydrogen (secondary N) is 1. The lowest BCUT2D eigenvalue weighted by atomic mass is 9.94. The molecule has 0 amide bonds. The standard InChI is InChI=1S/C14H14BrFN2/c1-8(9-4-2-6-11(15)13(9)16)14-10-5-3-7-12(10)17-18-14/h2,4,6,8H,3,5,7H2,1H3,(H,17,18). The third-order valence-corrected chi connectivity index (χ3v) is 4.31. The second-order valence-corrected chi connectivity index (χ2v) is 5.64. The van der Waals surface area contributed by atoms with Gasteiger partial charge in [-0.25, -0.2) is 4.39 Å². The Morgan fingerprint density at radius 1 is 1.39 bits per heavy atom. The van der Waals surface area contributed by atoms with Crippen molar-refractivity contribution in [3.63, 3.8) is 0 Å². The van der Waals surface area contributed by atoms with E-state index in [-0.39, 0.29) is 11.7 Å². The van der Waals surface area contributed by atoms with E-state index in [1.54, 1.807) is 6.07 Å².